The molecular weight excluding hydrogens is 242 g/mol. The Labute approximate surface area is 106 Å². The van der Waals surface area contributed by atoms with Gasteiger partial charge in [-0.2, -0.15) is 0 Å². The maximum absolute atomic E-state index is 5.88. The van der Waals surface area contributed by atoms with Gasteiger partial charge in [-0.05, 0) is 31.6 Å². The second-order valence-electron chi connectivity index (χ2n) is 4.56. The summed E-state index contributed by atoms with van der Waals surface area (Å²) in [5, 5.41) is 3.06. The van der Waals surface area contributed by atoms with Crippen molar-refractivity contribution >= 4 is 22.9 Å². The predicted molar refractivity (Wildman–Crippen MR) is 67.9 cm³/mol. The van der Waals surface area contributed by atoms with Crippen LogP contribution in [0.3, 0.4) is 0 Å². The van der Waals surface area contributed by atoms with E-state index in [-0.39, 0.29) is 0 Å². The standard InChI is InChI=1S/C12H18ClNOS/c1-9-2-4-11(5-3-9)15-7-12-14-10(6-13)8-16-12/h8-9,11H,2-7H2,1H3. The Hall–Kier alpha value is -0.120. The number of rotatable bonds is 4. The number of ether oxygens (including phenoxy) is 1. The third kappa shape index (κ3) is 3.44. The molecule has 1 aromatic rings. The highest BCUT2D eigenvalue weighted by atomic mass is 35.5. The number of nitrogens with zero attached hydrogens (tertiary/aromatic N) is 1. The lowest BCUT2D eigenvalue weighted by atomic mass is 9.89. The molecule has 90 valence electrons. The van der Waals surface area contributed by atoms with E-state index >= 15 is 0 Å². The summed E-state index contributed by atoms with van der Waals surface area (Å²) in [4.78, 5) is 4.39. The number of hydrogen-bond donors (Lipinski definition) is 0. The van der Waals surface area contributed by atoms with E-state index < -0.39 is 0 Å². The zero-order chi connectivity index (χ0) is 11.4. The molecule has 0 radical (unpaired) electrons. The van der Waals surface area contributed by atoms with Gasteiger partial charge in [0, 0.05) is 5.38 Å². The number of hydrogen-bond acceptors (Lipinski definition) is 3. The summed E-state index contributed by atoms with van der Waals surface area (Å²) in [6.07, 6.45) is 5.45. The average molecular weight is 260 g/mol. The second-order valence-corrected chi connectivity index (χ2v) is 5.77. The van der Waals surface area contributed by atoms with Crippen LogP contribution in [0.5, 0.6) is 0 Å². The Kier molecular flexibility index (Phi) is 4.62. The van der Waals surface area contributed by atoms with Gasteiger partial charge in [0.25, 0.3) is 0 Å². The van der Waals surface area contributed by atoms with E-state index in [2.05, 4.69) is 11.9 Å². The van der Waals surface area contributed by atoms with E-state index in [9.17, 15) is 0 Å². The molecule has 1 aliphatic carbocycles. The highest BCUT2D eigenvalue weighted by molar-refractivity contribution is 7.09. The molecule has 1 fully saturated rings. The molecule has 4 heteroatoms. The van der Waals surface area contributed by atoms with Crippen LogP contribution in [0.1, 0.15) is 43.3 Å². The Bertz CT molecular complexity index is 321. The highest BCUT2D eigenvalue weighted by Gasteiger charge is 2.18. The normalized spacial score (nSPS) is 25.9. The molecule has 0 aliphatic heterocycles. The maximum Gasteiger partial charge on any atom is 0.119 e. The molecule has 0 N–H and O–H groups in total. The van der Waals surface area contributed by atoms with Gasteiger partial charge in [-0.1, -0.05) is 6.92 Å². The Morgan fingerprint density at radius 3 is 2.81 bits per heavy atom. The molecule has 0 amide bonds. The Morgan fingerprint density at radius 2 is 2.19 bits per heavy atom. The van der Waals surface area contributed by atoms with E-state index in [1.165, 1.54) is 25.7 Å². The van der Waals surface area contributed by atoms with Crippen LogP contribution in [-0.4, -0.2) is 11.1 Å². The van der Waals surface area contributed by atoms with Crippen molar-refractivity contribution in [2.75, 3.05) is 0 Å². The fourth-order valence-corrected chi connectivity index (χ4v) is 3.00. The highest BCUT2D eigenvalue weighted by Crippen LogP contribution is 2.26. The van der Waals surface area contributed by atoms with Gasteiger partial charge >= 0.3 is 0 Å². The first-order valence-electron chi connectivity index (χ1n) is 5.88. The predicted octanol–water partition coefficient (Wildman–Crippen LogP) is 3.98. The van der Waals surface area contributed by atoms with Gasteiger partial charge in [-0.3, -0.25) is 0 Å². The second kappa shape index (κ2) is 5.99. The van der Waals surface area contributed by atoms with Gasteiger partial charge in [-0.25, -0.2) is 4.98 Å². The quantitative estimate of drug-likeness (QED) is 0.763. The molecule has 2 rings (SSSR count). The van der Waals surface area contributed by atoms with Crippen LogP contribution >= 0.6 is 22.9 Å². The Balaban J connectivity index is 1.74. The molecule has 0 saturated heterocycles. The topological polar surface area (TPSA) is 22.1 Å². The van der Waals surface area contributed by atoms with E-state index in [1.807, 2.05) is 5.38 Å². The number of aromatic nitrogens is 1. The first-order valence-corrected chi connectivity index (χ1v) is 7.30. The molecule has 1 heterocycles. The molecule has 1 saturated carbocycles. The van der Waals surface area contributed by atoms with Crippen LogP contribution < -0.4 is 0 Å². The van der Waals surface area contributed by atoms with Crippen molar-refractivity contribution in [2.24, 2.45) is 5.92 Å². The average Bonchev–Trinajstić information content (AvgIpc) is 2.76. The van der Waals surface area contributed by atoms with Gasteiger partial charge in [-0.15, -0.1) is 22.9 Å². The molecule has 1 aromatic heterocycles. The molecule has 0 aromatic carbocycles. The summed E-state index contributed by atoms with van der Waals surface area (Å²) in [5.74, 6) is 1.37. The van der Waals surface area contributed by atoms with Gasteiger partial charge in [0.15, 0.2) is 0 Å². The van der Waals surface area contributed by atoms with E-state index in [1.54, 1.807) is 11.3 Å². The minimum absolute atomic E-state index is 0.444. The lowest BCUT2D eigenvalue weighted by molar-refractivity contribution is 0.00867. The zero-order valence-corrected chi connectivity index (χ0v) is 11.2. The minimum atomic E-state index is 0.444. The van der Waals surface area contributed by atoms with Gasteiger partial charge in [0.2, 0.25) is 0 Å². The third-order valence-electron chi connectivity index (χ3n) is 3.14. The molecular formula is C12H18ClNOS. The summed E-state index contributed by atoms with van der Waals surface area (Å²) < 4.78 is 5.88. The van der Waals surface area contributed by atoms with Crippen molar-refractivity contribution in [2.45, 2.75) is 51.2 Å². The number of thiazole rings is 1. The van der Waals surface area contributed by atoms with Crippen LogP contribution in [0.25, 0.3) is 0 Å². The SMILES string of the molecule is CC1CCC(OCc2nc(CCl)cs2)CC1. The molecule has 0 atom stereocenters. The zero-order valence-electron chi connectivity index (χ0n) is 9.62. The minimum Gasteiger partial charge on any atom is -0.371 e. The van der Waals surface area contributed by atoms with Gasteiger partial charge < -0.3 is 4.74 Å². The van der Waals surface area contributed by atoms with Crippen LogP contribution in [0.15, 0.2) is 5.38 Å². The third-order valence-corrected chi connectivity index (χ3v) is 4.29. The van der Waals surface area contributed by atoms with Crippen molar-refractivity contribution in [3.8, 4) is 0 Å². The summed E-state index contributed by atoms with van der Waals surface area (Å²) in [6.45, 7) is 2.98. The van der Waals surface area contributed by atoms with Crippen LogP contribution in [0.2, 0.25) is 0 Å². The monoisotopic (exact) mass is 259 g/mol. The van der Waals surface area contributed by atoms with Crippen molar-refractivity contribution in [1.82, 2.24) is 4.98 Å². The smallest absolute Gasteiger partial charge is 0.119 e. The lowest BCUT2D eigenvalue weighted by Gasteiger charge is -2.25. The molecule has 0 bridgehead atoms. The summed E-state index contributed by atoms with van der Waals surface area (Å²) in [5.41, 5.74) is 0.961. The fraction of sp³-hybridized carbons (Fsp3) is 0.750. The van der Waals surface area contributed by atoms with Crippen molar-refractivity contribution < 1.29 is 4.74 Å². The van der Waals surface area contributed by atoms with Crippen LogP contribution in [0.4, 0.5) is 0 Å². The van der Waals surface area contributed by atoms with Crippen molar-refractivity contribution in [3.63, 3.8) is 0 Å². The number of alkyl halides is 1. The maximum atomic E-state index is 5.88. The summed E-state index contributed by atoms with van der Waals surface area (Å²) >= 11 is 7.35. The van der Waals surface area contributed by atoms with E-state index in [0.29, 0.717) is 18.6 Å². The Morgan fingerprint density at radius 1 is 1.44 bits per heavy atom. The lowest BCUT2D eigenvalue weighted by Crippen LogP contribution is -2.20. The molecule has 1 aliphatic rings. The summed E-state index contributed by atoms with van der Waals surface area (Å²) in [7, 11) is 0. The van der Waals surface area contributed by atoms with Crippen LogP contribution in [-0.2, 0) is 17.2 Å². The first-order chi connectivity index (χ1) is 7.78. The van der Waals surface area contributed by atoms with Crippen LogP contribution in [0, 0.1) is 5.92 Å². The molecule has 16 heavy (non-hydrogen) atoms. The van der Waals surface area contributed by atoms with E-state index in [4.69, 9.17) is 16.3 Å². The molecule has 2 nitrogen and oxygen atoms in total. The van der Waals surface area contributed by atoms with Crippen molar-refractivity contribution in [1.29, 1.82) is 0 Å². The molecule has 0 spiro atoms. The van der Waals surface area contributed by atoms with Gasteiger partial charge in [0.1, 0.15) is 5.01 Å². The first kappa shape index (κ1) is 12.3. The summed E-state index contributed by atoms with van der Waals surface area (Å²) in [6, 6.07) is 0. The fourth-order valence-electron chi connectivity index (χ4n) is 2.06. The van der Waals surface area contributed by atoms with E-state index in [0.717, 1.165) is 16.6 Å². The molecule has 0 unspecified atom stereocenters. The largest absolute Gasteiger partial charge is 0.371 e. The number of halogens is 1. The van der Waals surface area contributed by atoms with Crippen molar-refractivity contribution in [3.05, 3.63) is 16.1 Å². The van der Waals surface area contributed by atoms with Gasteiger partial charge in [0.05, 0.1) is 24.3 Å².